The van der Waals surface area contributed by atoms with Crippen molar-refractivity contribution in [2.75, 3.05) is 13.1 Å². The normalized spacial score (nSPS) is 18.2. The van der Waals surface area contributed by atoms with Crippen molar-refractivity contribution in [2.45, 2.75) is 32.1 Å². The minimum atomic E-state index is -0.156. The van der Waals surface area contributed by atoms with Gasteiger partial charge in [-0.15, -0.1) is 11.3 Å². The summed E-state index contributed by atoms with van der Waals surface area (Å²) < 4.78 is 1.47. The SMILES string of the molecule is CCc1csc([C@@H]2CCCN(C(=O)c3ccn(C)c(=O)c3)C2)n1. The standard InChI is InChI=1S/C17H21N3O2S/c1-3-14-11-23-16(18-14)13-5-4-7-20(10-13)17(22)12-6-8-19(2)15(21)9-12/h6,8-9,11,13H,3-5,7,10H2,1-2H3/t13-/m1/s1. The number of amides is 1. The number of pyridine rings is 1. The summed E-state index contributed by atoms with van der Waals surface area (Å²) >= 11 is 1.69. The molecule has 0 N–H and O–H groups in total. The van der Waals surface area contributed by atoms with E-state index in [9.17, 15) is 9.59 Å². The fraction of sp³-hybridized carbons (Fsp3) is 0.471. The van der Waals surface area contributed by atoms with E-state index in [1.807, 2.05) is 4.90 Å². The molecule has 1 aliphatic rings. The predicted octanol–water partition coefficient (Wildman–Crippen LogP) is 2.42. The van der Waals surface area contributed by atoms with Crippen molar-refractivity contribution < 1.29 is 4.79 Å². The molecule has 0 unspecified atom stereocenters. The summed E-state index contributed by atoms with van der Waals surface area (Å²) in [6.45, 7) is 3.53. The maximum absolute atomic E-state index is 12.7. The molecular weight excluding hydrogens is 310 g/mol. The predicted molar refractivity (Wildman–Crippen MR) is 91.1 cm³/mol. The first kappa shape index (κ1) is 15.9. The molecule has 0 spiro atoms. The van der Waals surface area contributed by atoms with Gasteiger partial charge >= 0.3 is 0 Å². The van der Waals surface area contributed by atoms with Gasteiger partial charge in [-0.25, -0.2) is 4.98 Å². The zero-order chi connectivity index (χ0) is 16.4. The van der Waals surface area contributed by atoms with Gasteiger partial charge in [0.2, 0.25) is 0 Å². The Kier molecular flexibility index (Phi) is 4.61. The number of thiazole rings is 1. The van der Waals surface area contributed by atoms with Gasteiger partial charge in [0.15, 0.2) is 0 Å². The number of hydrogen-bond acceptors (Lipinski definition) is 4. The van der Waals surface area contributed by atoms with Crippen molar-refractivity contribution in [1.82, 2.24) is 14.5 Å². The van der Waals surface area contributed by atoms with Crippen LogP contribution in [0.2, 0.25) is 0 Å². The highest BCUT2D eigenvalue weighted by Crippen LogP contribution is 2.30. The van der Waals surface area contributed by atoms with Crippen LogP contribution in [0.3, 0.4) is 0 Å². The molecule has 0 bridgehead atoms. The van der Waals surface area contributed by atoms with Gasteiger partial charge < -0.3 is 9.47 Å². The molecule has 1 aliphatic heterocycles. The van der Waals surface area contributed by atoms with Crippen LogP contribution in [0.25, 0.3) is 0 Å². The molecule has 1 atom stereocenters. The van der Waals surface area contributed by atoms with E-state index >= 15 is 0 Å². The Morgan fingerprint density at radius 3 is 3.00 bits per heavy atom. The van der Waals surface area contributed by atoms with Crippen LogP contribution in [0.5, 0.6) is 0 Å². The minimum Gasteiger partial charge on any atom is -0.338 e. The second-order valence-electron chi connectivity index (χ2n) is 5.99. The minimum absolute atomic E-state index is 0.0559. The third-order valence-electron chi connectivity index (χ3n) is 4.34. The van der Waals surface area contributed by atoms with Crippen LogP contribution in [-0.2, 0) is 13.5 Å². The average molecular weight is 331 g/mol. The Morgan fingerprint density at radius 1 is 1.48 bits per heavy atom. The van der Waals surface area contributed by atoms with Gasteiger partial charge in [-0.05, 0) is 25.3 Å². The fourth-order valence-corrected chi connectivity index (χ4v) is 3.93. The summed E-state index contributed by atoms with van der Waals surface area (Å²) in [6, 6.07) is 3.14. The van der Waals surface area contributed by atoms with Crippen LogP contribution in [0.4, 0.5) is 0 Å². The molecule has 0 radical (unpaired) electrons. The van der Waals surface area contributed by atoms with E-state index in [-0.39, 0.29) is 11.5 Å². The maximum Gasteiger partial charge on any atom is 0.254 e. The second kappa shape index (κ2) is 6.66. The number of aryl methyl sites for hydroxylation is 2. The van der Waals surface area contributed by atoms with Gasteiger partial charge in [-0.1, -0.05) is 6.92 Å². The third kappa shape index (κ3) is 3.37. The van der Waals surface area contributed by atoms with Crippen LogP contribution in [0.15, 0.2) is 28.5 Å². The van der Waals surface area contributed by atoms with Gasteiger partial charge in [0.05, 0.1) is 10.7 Å². The highest BCUT2D eigenvalue weighted by molar-refractivity contribution is 7.09. The van der Waals surface area contributed by atoms with Crippen LogP contribution in [-0.4, -0.2) is 33.4 Å². The molecule has 6 heteroatoms. The number of rotatable bonds is 3. The van der Waals surface area contributed by atoms with Gasteiger partial charge in [0, 0.05) is 49.3 Å². The first-order valence-corrected chi connectivity index (χ1v) is 8.86. The summed E-state index contributed by atoms with van der Waals surface area (Å²) in [7, 11) is 1.68. The largest absolute Gasteiger partial charge is 0.338 e. The van der Waals surface area contributed by atoms with Crippen molar-refractivity contribution in [3.05, 3.63) is 50.3 Å². The summed E-state index contributed by atoms with van der Waals surface area (Å²) in [5.41, 5.74) is 1.44. The van der Waals surface area contributed by atoms with Gasteiger partial charge in [-0.3, -0.25) is 9.59 Å². The van der Waals surface area contributed by atoms with Gasteiger partial charge in [0.25, 0.3) is 11.5 Å². The van der Waals surface area contributed by atoms with Crippen LogP contribution in [0, 0.1) is 0 Å². The molecule has 23 heavy (non-hydrogen) atoms. The number of piperidine rings is 1. The molecule has 0 saturated carbocycles. The van der Waals surface area contributed by atoms with E-state index in [1.165, 1.54) is 10.6 Å². The fourth-order valence-electron chi connectivity index (χ4n) is 2.90. The van der Waals surface area contributed by atoms with Crippen molar-refractivity contribution >= 4 is 17.2 Å². The third-order valence-corrected chi connectivity index (χ3v) is 5.40. The molecule has 0 aromatic carbocycles. The lowest BCUT2D eigenvalue weighted by Gasteiger charge is -2.32. The number of nitrogens with zero attached hydrogens (tertiary/aromatic N) is 3. The molecular formula is C17H21N3O2S. The number of carbonyl (C=O) groups excluding carboxylic acids is 1. The van der Waals surface area contributed by atoms with Crippen molar-refractivity contribution in [1.29, 1.82) is 0 Å². The lowest BCUT2D eigenvalue weighted by Crippen LogP contribution is -2.39. The Hall–Kier alpha value is -1.95. The van der Waals surface area contributed by atoms with Gasteiger partial charge in [-0.2, -0.15) is 0 Å². The maximum atomic E-state index is 12.7. The molecule has 5 nitrogen and oxygen atoms in total. The Bertz CT molecular complexity index is 765. The summed E-state index contributed by atoms with van der Waals surface area (Å²) in [6.07, 6.45) is 4.63. The van der Waals surface area contributed by atoms with E-state index in [4.69, 9.17) is 0 Å². The molecule has 0 aliphatic carbocycles. The second-order valence-corrected chi connectivity index (χ2v) is 6.88. The van der Waals surface area contributed by atoms with E-state index in [0.717, 1.165) is 36.5 Å². The monoisotopic (exact) mass is 331 g/mol. The number of hydrogen-bond donors (Lipinski definition) is 0. The van der Waals surface area contributed by atoms with Crippen molar-refractivity contribution in [3.8, 4) is 0 Å². The van der Waals surface area contributed by atoms with E-state index in [1.54, 1.807) is 30.6 Å². The zero-order valence-corrected chi connectivity index (χ0v) is 14.3. The number of likely N-dealkylation sites (tertiary alicyclic amines) is 1. The van der Waals surface area contributed by atoms with Crippen molar-refractivity contribution in [2.24, 2.45) is 7.05 Å². The smallest absolute Gasteiger partial charge is 0.254 e. The van der Waals surface area contributed by atoms with Crippen molar-refractivity contribution in [3.63, 3.8) is 0 Å². The molecule has 122 valence electrons. The molecule has 2 aromatic heterocycles. The lowest BCUT2D eigenvalue weighted by molar-refractivity contribution is 0.0706. The molecule has 1 fully saturated rings. The molecule has 1 saturated heterocycles. The summed E-state index contributed by atoms with van der Waals surface area (Å²) in [4.78, 5) is 30.9. The zero-order valence-electron chi connectivity index (χ0n) is 13.5. The Balaban J connectivity index is 1.76. The average Bonchev–Trinajstić information content (AvgIpc) is 3.06. The summed E-state index contributed by atoms with van der Waals surface area (Å²) in [5, 5.41) is 3.24. The van der Waals surface area contributed by atoms with Crippen LogP contribution in [0.1, 0.15) is 46.7 Å². The topological polar surface area (TPSA) is 55.2 Å². The highest BCUT2D eigenvalue weighted by atomic mass is 32.1. The van der Waals surface area contributed by atoms with E-state index < -0.39 is 0 Å². The molecule has 3 rings (SSSR count). The summed E-state index contributed by atoms with van der Waals surface area (Å²) in [5.74, 6) is 0.254. The van der Waals surface area contributed by atoms with Crippen LogP contribution >= 0.6 is 11.3 Å². The Labute approximate surface area is 139 Å². The number of carbonyl (C=O) groups is 1. The first-order valence-electron chi connectivity index (χ1n) is 7.98. The van der Waals surface area contributed by atoms with Gasteiger partial charge in [0.1, 0.15) is 0 Å². The highest BCUT2D eigenvalue weighted by Gasteiger charge is 2.27. The Morgan fingerprint density at radius 2 is 2.30 bits per heavy atom. The quantitative estimate of drug-likeness (QED) is 0.868. The molecule has 1 amide bonds. The van der Waals surface area contributed by atoms with Crippen LogP contribution < -0.4 is 5.56 Å². The number of aromatic nitrogens is 2. The van der Waals surface area contributed by atoms with E-state index in [2.05, 4.69) is 17.3 Å². The van der Waals surface area contributed by atoms with E-state index in [0.29, 0.717) is 18.0 Å². The molecule has 3 heterocycles. The molecule has 2 aromatic rings. The lowest BCUT2D eigenvalue weighted by atomic mass is 9.98. The first-order chi connectivity index (χ1) is 11.1.